The van der Waals surface area contributed by atoms with Crippen LogP contribution >= 0.6 is 0 Å². The van der Waals surface area contributed by atoms with Gasteiger partial charge in [0, 0.05) is 6.04 Å². The topological polar surface area (TPSA) is 12.0 Å². The van der Waals surface area contributed by atoms with Crippen LogP contribution in [0.15, 0.2) is 12.2 Å². The summed E-state index contributed by atoms with van der Waals surface area (Å²) in [6.45, 7) is 5.58. The molecule has 1 N–H and O–H groups in total. The summed E-state index contributed by atoms with van der Waals surface area (Å²) in [6, 6.07) is 0.805. The first-order valence-corrected chi connectivity index (χ1v) is 6.23. The zero-order valence-electron chi connectivity index (χ0n) is 9.76. The largest absolute Gasteiger partial charge is 0.313 e. The van der Waals surface area contributed by atoms with Crippen molar-refractivity contribution in [1.29, 1.82) is 0 Å². The fraction of sp³-hybridized carbons (Fsp3) is 0.846. The van der Waals surface area contributed by atoms with E-state index in [4.69, 9.17) is 0 Å². The van der Waals surface area contributed by atoms with Gasteiger partial charge in [0.15, 0.2) is 0 Å². The number of hydrogen-bond donors (Lipinski definition) is 1. The normalized spacial score (nSPS) is 28.4. The molecule has 0 amide bonds. The van der Waals surface area contributed by atoms with Gasteiger partial charge in [0.2, 0.25) is 0 Å². The second kappa shape index (κ2) is 7.05. The molecule has 14 heavy (non-hydrogen) atoms. The van der Waals surface area contributed by atoms with Crippen LogP contribution in [0.4, 0.5) is 0 Å². The Morgan fingerprint density at radius 1 is 1.29 bits per heavy atom. The van der Waals surface area contributed by atoms with Crippen molar-refractivity contribution in [1.82, 2.24) is 5.32 Å². The van der Waals surface area contributed by atoms with Crippen molar-refractivity contribution in [2.24, 2.45) is 5.92 Å². The van der Waals surface area contributed by atoms with E-state index in [1.165, 1.54) is 38.5 Å². The molecule has 1 aliphatic rings. The Hall–Kier alpha value is -0.300. The van der Waals surface area contributed by atoms with Crippen LogP contribution in [0.3, 0.4) is 0 Å². The maximum Gasteiger partial charge on any atom is 0.00953 e. The lowest BCUT2D eigenvalue weighted by Crippen LogP contribution is -2.38. The molecular formula is C13H25N. The zero-order valence-corrected chi connectivity index (χ0v) is 9.76. The molecule has 1 fully saturated rings. The molecule has 0 saturated heterocycles. The Balaban J connectivity index is 2.19. The van der Waals surface area contributed by atoms with E-state index >= 15 is 0 Å². The highest BCUT2D eigenvalue weighted by Crippen LogP contribution is 2.26. The van der Waals surface area contributed by atoms with Gasteiger partial charge < -0.3 is 5.32 Å². The minimum atomic E-state index is 0.805. The van der Waals surface area contributed by atoms with Crippen LogP contribution in [-0.2, 0) is 0 Å². The van der Waals surface area contributed by atoms with Crippen molar-refractivity contribution in [3.63, 3.8) is 0 Å². The third kappa shape index (κ3) is 3.83. The van der Waals surface area contributed by atoms with Gasteiger partial charge in [-0.15, -0.1) is 0 Å². The number of allylic oxidation sites excluding steroid dienone is 1. The fourth-order valence-electron chi connectivity index (χ4n) is 2.48. The SMILES string of the molecule is C/C=C/CCNC1CCCCC1CC. The van der Waals surface area contributed by atoms with E-state index in [1.54, 1.807) is 0 Å². The monoisotopic (exact) mass is 195 g/mol. The molecule has 82 valence electrons. The molecule has 0 aliphatic heterocycles. The van der Waals surface area contributed by atoms with E-state index in [9.17, 15) is 0 Å². The van der Waals surface area contributed by atoms with Crippen molar-refractivity contribution >= 4 is 0 Å². The van der Waals surface area contributed by atoms with Gasteiger partial charge in [0.25, 0.3) is 0 Å². The Morgan fingerprint density at radius 2 is 2.07 bits per heavy atom. The van der Waals surface area contributed by atoms with Gasteiger partial charge in [-0.25, -0.2) is 0 Å². The number of rotatable bonds is 5. The zero-order chi connectivity index (χ0) is 10.2. The quantitative estimate of drug-likeness (QED) is 0.523. The average Bonchev–Trinajstić information content (AvgIpc) is 2.25. The maximum absolute atomic E-state index is 3.71. The summed E-state index contributed by atoms with van der Waals surface area (Å²) in [4.78, 5) is 0. The van der Waals surface area contributed by atoms with Crippen LogP contribution in [0.5, 0.6) is 0 Å². The van der Waals surface area contributed by atoms with E-state index in [-0.39, 0.29) is 0 Å². The van der Waals surface area contributed by atoms with Gasteiger partial charge in [0.1, 0.15) is 0 Å². The standard InChI is InChI=1S/C13H25N/c1-3-5-8-11-14-13-10-7-6-9-12(13)4-2/h3,5,12-14H,4,6-11H2,1-2H3/b5-3+. The first-order chi connectivity index (χ1) is 6.88. The molecule has 1 saturated carbocycles. The highest BCUT2D eigenvalue weighted by atomic mass is 14.9. The summed E-state index contributed by atoms with van der Waals surface area (Å²) in [6.07, 6.45) is 12.6. The predicted molar refractivity (Wildman–Crippen MR) is 63.5 cm³/mol. The van der Waals surface area contributed by atoms with Crippen molar-refractivity contribution in [3.8, 4) is 0 Å². The lowest BCUT2D eigenvalue weighted by Gasteiger charge is -2.31. The molecule has 0 spiro atoms. The van der Waals surface area contributed by atoms with Crippen molar-refractivity contribution < 1.29 is 0 Å². The molecular weight excluding hydrogens is 170 g/mol. The molecule has 1 rings (SSSR count). The molecule has 1 heteroatoms. The Bertz CT molecular complexity index is 163. The average molecular weight is 195 g/mol. The van der Waals surface area contributed by atoms with Gasteiger partial charge in [-0.05, 0) is 38.6 Å². The molecule has 0 heterocycles. The summed E-state index contributed by atoms with van der Waals surface area (Å²) >= 11 is 0. The van der Waals surface area contributed by atoms with Crippen molar-refractivity contribution in [2.75, 3.05) is 6.54 Å². The fourth-order valence-corrected chi connectivity index (χ4v) is 2.48. The predicted octanol–water partition coefficient (Wildman–Crippen LogP) is 3.51. The van der Waals surface area contributed by atoms with Gasteiger partial charge >= 0.3 is 0 Å². The van der Waals surface area contributed by atoms with E-state index in [2.05, 4.69) is 31.3 Å². The first-order valence-electron chi connectivity index (χ1n) is 6.23. The van der Waals surface area contributed by atoms with Crippen LogP contribution in [0.25, 0.3) is 0 Å². The van der Waals surface area contributed by atoms with E-state index < -0.39 is 0 Å². The van der Waals surface area contributed by atoms with Crippen LogP contribution in [0.1, 0.15) is 52.4 Å². The molecule has 0 aromatic heterocycles. The smallest absolute Gasteiger partial charge is 0.00953 e. The van der Waals surface area contributed by atoms with Crippen molar-refractivity contribution in [2.45, 2.75) is 58.4 Å². The molecule has 2 atom stereocenters. The van der Waals surface area contributed by atoms with E-state index in [1.807, 2.05) is 0 Å². The van der Waals surface area contributed by atoms with Crippen LogP contribution in [-0.4, -0.2) is 12.6 Å². The molecule has 1 nitrogen and oxygen atoms in total. The highest BCUT2D eigenvalue weighted by Gasteiger charge is 2.22. The van der Waals surface area contributed by atoms with Gasteiger partial charge in [-0.3, -0.25) is 0 Å². The first kappa shape index (κ1) is 11.8. The third-order valence-electron chi connectivity index (χ3n) is 3.39. The maximum atomic E-state index is 3.71. The second-order valence-electron chi connectivity index (χ2n) is 4.37. The molecule has 2 unspecified atom stereocenters. The second-order valence-corrected chi connectivity index (χ2v) is 4.37. The van der Waals surface area contributed by atoms with E-state index in [0.717, 1.165) is 18.5 Å². The minimum absolute atomic E-state index is 0.805. The Labute approximate surface area is 89.0 Å². The summed E-state index contributed by atoms with van der Waals surface area (Å²) in [5, 5.41) is 3.71. The van der Waals surface area contributed by atoms with E-state index in [0.29, 0.717) is 0 Å². The summed E-state index contributed by atoms with van der Waals surface area (Å²) in [7, 11) is 0. The summed E-state index contributed by atoms with van der Waals surface area (Å²) < 4.78 is 0. The minimum Gasteiger partial charge on any atom is -0.313 e. The lowest BCUT2D eigenvalue weighted by molar-refractivity contribution is 0.257. The summed E-state index contributed by atoms with van der Waals surface area (Å²) in [5.41, 5.74) is 0. The highest BCUT2D eigenvalue weighted by molar-refractivity contribution is 4.82. The third-order valence-corrected chi connectivity index (χ3v) is 3.39. The molecule has 0 bridgehead atoms. The molecule has 0 aromatic carbocycles. The van der Waals surface area contributed by atoms with Crippen molar-refractivity contribution in [3.05, 3.63) is 12.2 Å². The summed E-state index contributed by atoms with van der Waals surface area (Å²) in [5.74, 6) is 0.939. The van der Waals surface area contributed by atoms with Gasteiger partial charge in [-0.1, -0.05) is 38.3 Å². The van der Waals surface area contributed by atoms with Crippen LogP contribution in [0, 0.1) is 5.92 Å². The Kier molecular flexibility index (Phi) is 5.93. The van der Waals surface area contributed by atoms with Gasteiger partial charge in [0.05, 0.1) is 0 Å². The molecule has 1 aliphatic carbocycles. The lowest BCUT2D eigenvalue weighted by atomic mass is 9.83. The number of nitrogens with one attached hydrogen (secondary N) is 1. The Morgan fingerprint density at radius 3 is 2.79 bits per heavy atom. The van der Waals surface area contributed by atoms with Crippen LogP contribution < -0.4 is 5.32 Å². The molecule has 0 aromatic rings. The van der Waals surface area contributed by atoms with Crippen LogP contribution in [0.2, 0.25) is 0 Å². The van der Waals surface area contributed by atoms with Gasteiger partial charge in [-0.2, -0.15) is 0 Å². The molecule has 0 radical (unpaired) electrons. The number of hydrogen-bond acceptors (Lipinski definition) is 1.